The third-order valence-corrected chi connectivity index (χ3v) is 5.14. The lowest BCUT2D eigenvalue weighted by molar-refractivity contribution is 0.0812. The Labute approximate surface area is 150 Å². The van der Waals surface area contributed by atoms with Crippen LogP contribution in [0.3, 0.4) is 0 Å². The summed E-state index contributed by atoms with van der Waals surface area (Å²) in [6.45, 7) is 7.19. The summed E-state index contributed by atoms with van der Waals surface area (Å²) < 4.78 is 5.66. The molecule has 0 aliphatic carbocycles. The third-order valence-electron chi connectivity index (χ3n) is 5.14. The fourth-order valence-electron chi connectivity index (χ4n) is 3.61. The van der Waals surface area contributed by atoms with Gasteiger partial charge < -0.3 is 15.0 Å². The van der Waals surface area contributed by atoms with Gasteiger partial charge in [-0.25, -0.2) is 4.79 Å². The van der Waals surface area contributed by atoms with Crippen molar-refractivity contribution in [3.8, 4) is 0 Å². The predicted octanol–water partition coefficient (Wildman–Crippen LogP) is 2.26. The molecule has 0 aromatic carbocycles. The van der Waals surface area contributed by atoms with E-state index in [2.05, 4.69) is 21.3 Å². The van der Waals surface area contributed by atoms with Gasteiger partial charge >= 0.3 is 6.03 Å². The van der Waals surface area contributed by atoms with Gasteiger partial charge in [-0.3, -0.25) is 9.88 Å². The molecule has 6 nitrogen and oxygen atoms in total. The molecule has 3 heterocycles. The van der Waals surface area contributed by atoms with Crippen LogP contribution in [0.15, 0.2) is 24.4 Å². The monoisotopic (exact) mass is 346 g/mol. The maximum Gasteiger partial charge on any atom is 0.317 e. The Morgan fingerprint density at radius 3 is 2.84 bits per heavy atom. The average Bonchev–Trinajstić information content (AvgIpc) is 3.15. The van der Waals surface area contributed by atoms with E-state index in [-0.39, 0.29) is 18.2 Å². The zero-order valence-corrected chi connectivity index (χ0v) is 15.2. The SMILES string of the molecule is CCN(C[C@H]1CCCO1)C(=O)NC1CCN(Cc2ccccn2)CC1. The van der Waals surface area contributed by atoms with Crippen molar-refractivity contribution in [3.05, 3.63) is 30.1 Å². The summed E-state index contributed by atoms with van der Waals surface area (Å²) in [6, 6.07) is 6.37. The van der Waals surface area contributed by atoms with Gasteiger partial charge in [0, 0.05) is 51.6 Å². The number of likely N-dealkylation sites (tertiary alicyclic amines) is 1. The molecule has 2 aliphatic rings. The summed E-state index contributed by atoms with van der Waals surface area (Å²) in [5.74, 6) is 0. The van der Waals surface area contributed by atoms with Crippen LogP contribution in [0.25, 0.3) is 0 Å². The number of ether oxygens (including phenoxy) is 1. The van der Waals surface area contributed by atoms with Gasteiger partial charge in [-0.1, -0.05) is 6.07 Å². The molecule has 2 saturated heterocycles. The molecule has 1 N–H and O–H groups in total. The van der Waals surface area contributed by atoms with E-state index in [9.17, 15) is 4.79 Å². The molecule has 6 heteroatoms. The van der Waals surface area contributed by atoms with Crippen molar-refractivity contribution < 1.29 is 9.53 Å². The Morgan fingerprint density at radius 2 is 2.20 bits per heavy atom. The van der Waals surface area contributed by atoms with Crippen molar-refractivity contribution in [2.24, 2.45) is 0 Å². The van der Waals surface area contributed by atoms with Crippen LogP contribution in [0.2, 0.25) is 0 Å². The second-order valence-electron chi connectivity index (χ2n) is 6.99. The van der Waals surface area contributed by atoms with Crippen molar-refractivity contribution in [2.75, 3.05) is 32.8 Å². The van der Waals surface area contributed by atoms with Gasteiger partial charge in [0.1, 0.15) is 0 Å². The number of carbonyl (C=O) groups is 1. The van der Waals surface area contributed by atoms with E-state index in [0.717, 1.165) is 64.2 Å². The molecular weight excluding hydrogens is 316 g/mol. The fraction of sp³-hybridized carbons (Fsp3) is 0.684. The van der Waals surface area contributed by atoms with Gasteiger partial charge in [-0.05, 0) is 44.7 Å². The van der Waals surface area contributed by atoms with E-state index in [1.807, 2.05) is 30.2 Å². The minimum Gasteiger partial charge on any atom is -0.376 e. The lowest BCUT2D eigenvalue weighted by atomic mass is 10.0. The molecule has 3 rings (SSSR count). The molecule has 0 unspecified atom stereocenters. The summed E-state index contributed by atoms with van der Waals surface area (Å²) in [4.78, 5) is 21.2. The molecule has 2 aliphatic heterocycles. The van der Waals surface area contributed by atoms with Crippen LogP contribution in [0, 0.1) is 0 Å². The second kappa shape index (κ2) is 9.15. The van der Waals surface area contributed by atoms with E-state index in [1.165, 1.54) is 0 Å². The first-order chi connectivity index (χ1) is 12.2. The highest BCUT2D eigenvalue weighted by Crippen LogP contribution is 2.15. The van der Waals surface area contributed by atoms with Crippen LogP contribution in [-0.2, 0) is 11.3 Å². The standard InChI is InChI=1S/C19H30N4O2/c1-2-23(15-18-7-5-13-25-18)19(24)21-16-8-11-22(12-9-16)14-17-6-3-4-10-20-17/h3-4,6,10,16,18H,2,5,7-9,11-15H2,1H3,(H,21,24)/t18-/m1/s1. The number of carbonyl (C=O) groups excluding carboxylic acids is 1. The summed E-state index contributed by atoms with van der Waals surface area (Å²) in [5, 5.41) is 3.22. The normalized spacial score (nSPS) is 22.0. The number of aromatic nitrogens is 1. The van der Waals surface area contributed by atoms with Gasteiger partial charge in [0.2, 0.25) is 0 Å². The topological polar surface area (TPSA) is 57.7 Å². The van der Waals surface area contributed by atoms with Gasteiger partial charge in [0.25, 0.3) is 0 Å². The zero-order valence-electron chi connectivity index (χ0n) is 15.2. The minimum absolute atomic E-state index is 0.0566. The number of likely N-dealkylation sites (N-methyl/N-ethyl adjacent to an activating group) is 1. The number of urea groups is 1. The first-order valence-electron chi connectivity index (χ1n) is 9.54. The summed E-state index contributed by atoms with van der Waals surface area (Å²) in [5.41, 5.74) is 1.11. The van der Waals surface area contributed by atoms with Crippen molar-refractivity contribution >= 4 is 6.03 Å². The molecule has 0 saturated carbocycles. The average molecular weight is 346 g/mol. The van der Waals surface area contributed by atoms with Gasteiger partial charge in [-0.2, -0.15) is 0 Å². The maximum absolute atomic E-state index is 12.5. The van der Waals surface area contributed by atoms with Crippen LogP contribution in [-0.4, -0.2) is 65.7 Å². The van der Waals surface area contributed by atoms with E-state index in [4.69, 9.17) is 4.74 Å². The van der Waals surface area contributed by atoms with Crippen molar-refractivity contribution in [3.63, 3.8) is 0 Å². The number of hydrogen-bond acceptors (Lipinski definition) is 4. The number of amides is 2. The van der Waals surface area contributed by atoms with Crippen LogP contribution in [0.4, 0.5) is 4.79 Å². The van der Waals surface area contributed by atoms with Gasteiger partial charge in [0.05, 0.1) is 11.8 Å². The Morgan fingerprint density at radius 1 is 1.36 bits per heavy atom. The molecule has 0 radical (unpaired) electrons. The number of hydrogen-bond donors (Lipinski definition) is 1. The van der Waals surface area contributed by atoms with E-state index in [1.54, 1.807) is 0 Å². The van der Waals surface area contributed by atoms with Gasteiger partial charge in [-0.15, -0.1) is 0 Å². The summed E-state index contributed by atoms with van der Waals surface area (Å²) in [7, 11) is 0. The Balaban J connectivity index is 1.40. The largest absolute Gasteiger partial charge is 0.376 e. The first kappa shape index (κ1) is 18.1. The van der Waals surface area contributed by atoms with Crippen molar-refractivity contribution in [1.82, 2.24) is 20.1 Å². The van der Waals surface area contributed by atoms with Crippen LogP contribution in [0.1, 0.15) is 38.3 Å². The van der Waals surface area contributed by atoms with Crippen molar-refractivity contribution in [1.29, 1.82) is 0 Å². The Hall–Kier alpha value is -1.66. The molecule has 0 bridgehead atoms. The number of nitrogens with zero attached hydrogens (tertiary/aromatic N) is 3. The number of piperidine rings is 1. The lowest BCUT2D eigenvalue weighted by Gasteiger charge is -2.33. The molecule has 25 heavy (non-hydrogen) atoms. The summed E-state index contributed by atoms with van der Waals surface area (Å²) >= 11 is 0. The van der Waals surface area contributed by atoms with Crippen LogP contribution < -0.4 is 5.32 Å². The number of pyridine rings is 1. The Kier molecular flexibility index (Phi) is 6.64. The third kappa shape index (κ3) is 5.41. The molecular formula is C19H30N4O2. The Bertz CT molecular complexity index is 525. The maximum atomic E-state index is 12.5. The first-order valence-corrected chi connectivity index (χ1v) is 9.54. The highest BCUT2D eigenvalue weighted by atomic mass is 16.5. The molecule has 0 spiro atoms. The zero-order chi connectivity index (χ0) is 17.5. The lowest BCUT2D eigenvalue weighted by Crippen LogP contribution is -2.50. The minimum atomic E-state index is 0.0566. The molecule has 1 atom stereocenters. The number of rotatable bonds is 6. The molecule has 138 valence electrons. The summed E-state index contributed by atoms with van der Waals surface area (Å²) in [6.07, 6.45) is 6.22. The van der Waals surface area contributed by atoms with Crippen LogP contribution >= 0.6 is 0 Å². The quantitative estimate of drug-likeness (QED) is 0.858. The smallest absolute Gasteiger partial charge is 0.317 e. The highest BCUT2D eigenvalue weighted by Gasteiger charge is 2.25. The number of nitrogens with one attached hydrogen (secondary N) is 1. The van der Waals surface area contributed by atoms with Crippen LogP contribution in [0.5, 0.6) is 0 Å². The highest BCUT2D eigenvalue weighted by molar-refractivity contribution is 5.74. The van der Waals surface area contributed by atoms with E-state index < -0.39 is 0 Å². The van der Waals surface area contributed by atoms with E-state index in [0.29, 0.717) is 6.54 Å². The van der Waals surface area contributed by atoms with Crippen molar-refractivity contribution in [2.45, 2.75) is 51.3 Å². The predicted molar refractivity (Wildman–Crippen MR) is 97.3 cm³/mol. The van der Waals surface area contributed by atoms with Gasteiger partial charge in [0.15, 0.2) is 0 Å². The molecule has 2 fully saturated rings. The fourth-order valence-corrected chi connectivity index (χ4v) is 3.61. The second-order valence-corrected chi connectivity index (χ2v) is 6.99. The molecule has 1 aromatic heterocycles. The molecule has 2 amide bonds. The molecule has 1 aromatic rings. The van der Waals surface area contributed by atoms with E-state index >= 15 is 0 Å².